The molecule has 2 unspecified atom stereocenters. The Morgan fingerprint density at radius 2 is 2.05 bits per heavy atom. The molecule has 3 N–H and O–H groups in total. The second-order valence-electron chi connectivity index (χ2n) is 10.0. The lowest BCUT2D eigenvalue weighted by molar-refractivity contribution is 0.194. The Labute approximate surface area is 212 Å². The summed E-state index contributed by atoms with van der Waals surface area (Å²) < 4.78 is 22.4. The van der Waals surface area contributed by atoms with Crippen molar-refractivity contribution in [2.75, 3.05) is 30.4 Å². The number of nitrogens with zero attached hydrogens (tertiary/aromatic N) is 7. The minimum atomic E-state index is -0.294. The highest BCUT2D eigenvalue weighted by Crippen LogP contribution is 2.48. The van der Waals surface area contributed by atoms with Crippen LogP contribution >= 0.6 is 0 Å². The van der Waals surface area contributed by atoms with Gasteiger partial charge in [-0.05, 0) is 47.6 Å². The average molecular weight is 500 g/mol. The molecule has 1 aromatic carbocycles. The first kappa shape index (κ1) is 22.1. The molecular weight excluding hydrogens is 473 g/mol. The van der Waals surface area contributed by atoms with Crippen LogP contribution in [0.15, 0.2) is 36.9 Å². The van der Waals surface area contributed by atoms with Gasteiger partial charge in [-0.2, -0.15) is 15.1 Å². The molecule has 0 spiro atoms. The molecule has 188 valence electrons. The smallest absolute Gasteiger partial charge is 0.324 e. The molecule has 0 radical (unpaired) electrons. The summed E-state index contributed by atoms with van der Waals surface area (Å²) in [6, 6.07) is 5.39. The quantitative estimate of drug-likeness (QED) is 0.376. The molecule has 4 aromatic rings. The van der Waals surface area contributed by atoms with Crippen LogP contribution in [0.3, 0.4) is 0 Å². The maximum Gasteiger partial charge on any atom is 0.324 e. The van der Waals surface area contributed by atoms with Crippen molar-refractivity contribution < 1.29 is 9.13 Å². The van der Waals surface area contributed by atoms with Gasteiger partial charge in [0.05, 0.1) is 11.9 Å². The zero-order valence-electron chi connectivity index (χ0n) is 20.5. The van der Waals surface area contributed by atoms with Crippen molar-refractivity contribution in [1.82, 2.24) is 29.7 Å². The van der Waals surface area contributed by atoms with Gasteiger partial charge in [-0.3, -0.25) is 4.98 Å². The molecule has 2 aliphatic carbocycles. The van der Waals surface area contributed by atoms with Gasteiger partial charge in [-0.25, -0.2) is 14.1 Å². The number of pyridine rings is 1. The van der Waals surface area contributed by atoms with Gasteiger partial charge in [0.25, 0.3) is 0 Å². The molecular formula is C26H26FN9O. The molecule has 1 aliphatic heterocycles. The first-order valence-corrected chi connectivity index (χ1v) is 12.4. The number of hydrogen-bond acceptors (Lipinski definition) is 9. The van der Waals surface area contributed by atoms with E-state index in [2.05, 4.69) is 25.3 Å². The fourth-order valence-corrected chi connectivity index (χ4v) is 5.98. The van der Waals surface area contributed by atoms with Gasteiger partial charge >= 0.3 is 6.01 Å². The van der Waals surface area contributed by atoms with Crippen molar-refractivity contribution in [2.24, 2.45) is 24.6 Å². The van der Waals surface area contributed by atoms with Crippen LogP contribution in [-0.4, -0.2) is 55.9 Å². The molecule has 3 aromatic heterocycles. The SMILES string of the molecule is CNc1cc(F)cc2c1Cc1nc(Oc3cncc(-c4ncnn4C)c3)nc(N3CC4C[C@@H](N)C4C3)c1-2. The van der Waals surface area contributed by atoms with E-state index in [1.165, 1.54) is 12.4 Å². The molecule has 10 nitrogen and oxygen atoms in total. The number of nitrogens with two attached hydrogens (primary N) is 1. The number of ether oxygens (including phenoxy) is 1. The lowest BCUT2D eigenvalue weighted by Gasteiger charge is -2.36. The third-order valence-corrected chi connectivity index (χ3v) is 7.85. The number of rotatable bonds is 5. The second-order valence-corrected chi connectivity index (χ2v) is 10.0. The van der Waals surface area contributed by atoms with Crippen molar-refractivity contribution in [3.05, 3.63) is 54.0 Å². The highest BCUT2D eigenvalue weighted by atomic mass is 19.1. The van der Waals surface area contributed by atoms with E-state index < -0.39 is 0 Å². The first-order valence-electron chi connectivity index (χ1n) is 12.4. The Hall–Kier alpha value is -4.12. The van der Waals surface area contributed by atoms with Gasteiger partial charge in [0, 0.05) is 62.7 Å². The predicted octanol–water partition coefficient (Wildman–Crippen LogP) is 2.99. The highest BCUT2D eigenvalue weighted by molar-refractivity contribution is 5.88. The van der Waals surface area contributed by atoms with Crippen molar-refractivity contribution >= 4 is 11.5 Å². The minimum absolute atomic E-state index is 0.218. The number of aromatic nitrogens is 6. The Bertz CT molecular complexity index is 1540. The first-order chi connectivity index (χ1) is 18.0. The molecule has 1 saturated heterocycles. The van der Waals surface area contributed by atoms with E-state index in [4.69, 9.17) is 20.4 Å². The minimum Gasteiger partial charge on any atom is -0.423 e. The number of fused-ring (bicyclic) bond motifs is 4. The van der Waals surface area contributed by atoms with Crippen LogP contribution < -0.4 is 20.7 Å². The van der Waals surface area contributed by atoms with Gasteiger partial charge in [-0.1, -0.05) is 0 Å². The van der Waals surface area contributed by atoms with Crippen molar-refractivity contribution in [3.8, 4) is 34.3 Å². The molecule has 4 heterocycles. The summed E-state index contributed by atoms with van der Waals surface area (Å²) in [5.41, 5.74) is 11.3. The lowest BCUT2D eigenvalue weighted by atomic mass is 9.72. The van der Waals surface area contributed by atoms with E-state index >= 15 is 0 Å². The van der Waals surface area contributed by atoms with Crippen LogP contribution in [0.1, 0.15) is 17.7 Å². The van der Waals surface area contributed by atoms with Crippen LogP contribution in [0, 0.1) is 17.7 Å². The van der Waals surface area contributed by atoms with Gasteiger partial charge in [0.1, 0.15) is 23.7 Å². The molecule has 3 atom stereocenters. The van der Waals surface area contributed by atoms with E-state index in [1.807, 2.05) is 13.1 Å². The van der Waals surface area contributed by atoms with Crippen molar-refractivity contribution in [2.45, 2.75) is 18.9 Å². The number of anilines is 2. The van der Waals surface area contributed by atoms with Crippen LogP contribution in [0.5, 0.6) is 11.8 Å². The highest BCUT2D eigenvalue weighted by Gasteiger charge is 2.46. The number of hydrogen-bond donors (Lipinski definition) is 2. The van der Waals surface area contributed by atoms with Gasteiger partial charge in [0.15, 0.2) is 5.82 Å². The third-order valence-electron chi connectivity index (χ3n) is 7.85. The van der Waals surface area contributed by atoms with E-state index in [9.17, 15) is 4.39 Å². The fraction of sp³-hybridized carbons (Fsp3) is 0.346. The number of nitrogens with one attached hydrogen (secondary N) is 1. The summed E-state index contributed by atoms with van der Waals surface area (Å²) in [4.78, 5) is 20.5. The zero-order valence-corrected chi connectivity index (χ0v) is 20.5. The largest absolute Gasteiger partial charge is 0.423 e. The summed E-state index contributed by atoms with van der Waals surface area (Å²) in [5, 5.41) is 7.26. The molecule has 0 amide bonds. The Morgan fingerprint density at radius 1 is 1.16 bits per heavy atom. The van der Waals surface area contributed by atoms with Gasteiger partial charge in [-0.15, -0.1) is 0 Å². The summed E-state index contributed by atoms with van der Waals surface area (Å²) in [7, 11) is 3.62. The summed E-state index contributed by atoms with van der Waals surface area (Å²) in [5.74, 6) is 2.65. The Morgan fingerprint density at radius 3 is 2.81 bits per heavy atom. The second kappa shape index (κ2) is 8.20. The van der Waals surface area contributed by atoms with Crippen LogP contribution in [0.25, 0.3) is 22.5 Å². The number of aryl methyl sites for hydroxylation is 1. The number of benzene rings is 1. The summed E-state index contributed by atoms with van der Waals surface area (Å²) in [6.45, 7) is 1.69. The maximum atomic E-state index is 14.6. The topological polar surface area (TPSA) is 120 Å². The average Bonchev–Trinajstić information content (AvgIpc) is 3.57. The summed E-state index contributed by atoms with van der Waals surface area (Å²) in [6.07, 6.45) is 6.40. The zero-order chi connectivity index (χ0) is 25.3. The number of halogens is 1. The Kier molecular flexibility index (Phi) is 4.90. The lowest BCUT2D eigenvalue weighted by Crippen LogP contribution is -2.46. The summed E-state index contributed by atoms with van der Waals surface area (Å²) >= 11 is 0. The van der Waals surface area contributed by atoms with Crippen LogP contribution in [0.4, 0.5) is 15.9 Å². The monoisotopic (exact) mass is 499 g/mol. The molecule has 7 rings (SSSR count). The molecule has 37 heavy (non-hydrogen) atoms. The van der Waals surface area contributed by atoms with Gasteiger partial charge in [0.2, 0.25) is 0 Å². The predicted molar refractivity (Wildman–Crippen MR) is 136 cm³/mol. The Balaban J connectivity index is 1.31. The fourth-order valence-electron chi connectivity index (χ4n) is 5.98. The van der Waals surface area contributed by atoms with Crippen molar-refractivity contribution in [1.29, 1.82) is 0 Å². The van der Waals surface area contributed by atoms with Crippen molar-refractivity contribution in [3.63, 3.8) is 0 Å². The van der Waals surface area contributed by atoms with E-state index in [0.717, 1.165) is 59.0 Å². The third kappa shape index (κ3) is 3.52. The molecule has 3 aliphatic rings. The van der Waals surface area contributed by atoms with Crippen LogP contribution in [-0.2, 0) is 13.5 Å². The van der Waals surface area contributed by atoms with Crippen LogP contribution in [0.2, 0.25) is 0 Å². The molecule has 11 heteroatoms. The van der Waals surface area contributed by atoms with E-state index in [-0.39, 0.29) is 17.9 Å². The van der Waals surface area contributed by atoms with E-state index in [0.29, 0.717) is 29.8 Å². The van der Waals surface area contributed by atoms with Gasteiger partial charge < -0.3 is 20.7 Å². The maximum absolute atomic E-state index is 14.6. The molecule has 1 saturated carbocycles. The molecule has 0 bridgehead atoms. The normalized spacial score (nSPS) is 21.3. The standard InChI is InChI=1S/C26H26FN9O/c1-29-21-6-15(27)5-18-17(21)7-22-23(18)25(36-10-14-4-20(28)19(14)11-36)34-26(33-22)37-16-3-13(8-30-9-16)24-31-12-32-35(24)2/h3,5-6,8-9,12,14,19-20,29H,4,7,10-11,28H2,1-2H3/t14?,19?,20-/m1/s1. The van der Waals surface area contributed by atoms with E-state index in [1.54, 1.807) is 30.2 Å². The molecule has 2 fully saturated rings.